The molecule has 1 N–H and O–H groups in total. The predicted molar refractivity (Wildman–Crippen MR) is 71.9 cm³/mol. The molecule has 2 aromatic rings. The third-order valence-electron chi connectivity index (χ3n) is 3.39. The molecule has 0 radical (unpaired) electrons. The van der Waals surface area contributed by atoms with Crippen molar-refractivity contribution in [3.05, 3.63) is 28.6 Å². The summed E-state index contributed by atoms with van der Waals surface area (Å²) in [6.45, 7) is 0. The highest BCUT2D eigenvalue weighted by Gasteiger charge is 2.32. The summed E-state index contributed by atoms with van der Waals surface area (Å²) in [5, 5.41) is 9.23. The molecule has 1 aromatic heterocycles. The molecule has 0 bridgehead atoms. The van der Waals surface area contributed by atoms with E-state index in [1.165, 1.54) is 0 Å². The maximum Gasteiger partial charge on any atom is 0.573 e. The molecule has 24 heavy (non-hydrogen) atoms. The van der Waals surface area contributed by atoms with Crippen LogP contribution >= 0.6 is 0 Å². The number of benzene rings is 1. The topological polar surface area (TPSA) is 103 Å². The lowest BCUT2D eigenvalue weighted by atomic mass is 10.1. The number of aromatic nitrogens is 3. The lowest BCUT2D eigenvalue weighted by Crippen LogP contribution is -2.45. The molecule has 1 saturated heterocycles. The van der Waals surface area contributed by atoms with Crippen LogP contribution in [0.25, 0.3) is 10.9 Å². The van der Waals surface area contributed by atoms with E-state index in [2.05, 4.69) is 20.4 Å². The maximum atomic E-state index is 12.4. The Balaban J connectivity index is 2.04. The van der Waals surface area contributed by atoms with Crippen molar-refractivity contribution in [3.63, 3.8) is 0 Å². The van der Waals surface area contributed by atoms with Gasteiger partial charge in [0.05, 0.1) is 5.39 Å². The van der Waals surface area contributed by atoms with E-state index in [1.807, 2.05) is 0 Å². The maximum absolute atomic E-state index is 12.4. The fourth-order valence-corrected chi connectivity index (χ4v) is 2.35. The van der Waals surface area contributed by atoms with Crippen LogP contribution in [0.15, 0.2) is 23.0 Å². The molecule has 1 aliphatic heterocycles. The zero-order valence-electron chi connectivity index (χ0n) is 11.8. The van der Waals surface area contributed by atoms with Gasteiger partial charge in [-0.2, -0.15) is 4.68 Å². The van der Waals surface area contributed by atoms with E-state index >= 15 is 0 Å². The molecular weight excluding hydrogens is 333 g/mol. The van der Waals surface area contributed by atoms with Crippen molar-refractivity contribution in [2.45, 2.75) is 25.2 Å². The third-order valence-corrected chi connectivity index (χ3v) is 3.39. The lowest BCUT2D eigenvalue weighted by molar-refractivity contribution is -0.274. The number of imide groups is 1. The first-order chi connectivity index (χ1) is 11.2. The Morgan fingerprint density at radius 3 is 2.67 bits per heavy atom. The minimum absolute atomic E-state index is 0.0137. The Bertz CT molecular complexity index is 893. The number of hydrogen-bond acceptors (Lipinski definition) is 6. The van der Waals surface area contributed by atoms with Crippen molar-refractivity contribution < 1.29 is 27.5 Å². The average molecular weight is 342 g/mol. The molecule has 3 rings (SSSR count). The number of hydrogen-bond donors (Lipinski definition) is 1. The largest absolute Gasteiger partial charge is 0.573 e. The molecule has 1 aromatic carbocycles. The molecule has 126 valence electrons. The van der Waals surface area contributed by atoms with Gasteiger partial charge in [0, 0.05) is 6.42 Å². The van der Waals surface area contributed by atoms with Gasteiger partial charge in [0.1, 0.15) is 17.3 Å². The van der Waals surface area contributed by atoms with E-state index in [0.717, 1.165) is 22.9 Å². The fraction of sp³-hybridized carbons (Fsp3) is 0.308. The molecule has 1 aliphatic rings. The number of alkyl halides is 3. The van der Waals surface area contributed by atoms with Crippen molar-refractivity contribution in [1.29, 1.82) is 0 Å². The number of carbonyl (C=O) groups excluding carboxylic acids is 2. The second-order valence-corrected chi connectivity index (χ2v) is 5.03. The average Bonchev–Trinajstić information content (AvgIpc) is 2.47. The summed E-state index contributed by atoms with van der Waals surface area (Å²) in [5.41, 5.74) is -0.750. The minimum atomic E-state index is -4.91. The summed E-state index contributed by atoms with van der Waals surface area (Å²) in [4.78, 5) is 35.4. The SMILES string of the molecule is O=C1CCC(n2nnc3ccc(OC(F)(F)F)cc3c2=O)C(=O)N1. The number of fused-ring (bicyclic) bond motifs is 1. The predicted octanol–water partition coefficient (Wildman–Crippen LogP) is 0.668. The molecule has 2 heterocycles. The Hall–Kier alpha value is -2.98. The van der Waals surface area contributed by atoms with Crippen LogP contribution in [0.1, 0.15) is 18.9 Å². The number of nitrogens with one attached hydrogen (secondary N) is 1. The number of carbonyl (C=O) groups is 2. The molecule has 8 nitrogen and oxygen atoms in total. The van der Waals surface area contributed by atoms with Crippen molar-refractivity contribution in [2.75, 3.05) is 0 Å². The van der Waals surface area contributed by atoms with Gasteiger partial charge < -0.3 is 4.74 Å². The first-order valence-electron chi connectivity index (χ1n) is 6.73. The first kappa shape index (κ1) is 15.9. The molecule has 0 saturated carbocycles. The molecule has 1 fully saturated rings. The van der Waals surface area contributed by atoms with E-state index in [-0.39, 0.29) is 23.7 Å². The van der Waals surface area contributed by atoms with Crippen LogP contribution in [0.4, 0.5) is 13.2 Å². The fourth-order valence-electron chi connectivity index (χ4n) is 2.35. The van der Waals surface area contributed by atoms with Crippen molar-refractivity contribution in [1.82, 2.24) is 20.3 Å². The second-order valence-electron chi connectivity index (χ2n) is 5.03. The van der Waals surface area contributed by atoms with E-state index in [1.54, 1.807) is 0 Å². The van der Waals surface area contributed by atoms with Gasteiger partial charge in [0.25, 0.3) is 11.5 Å². The lowest BCUT2D eigenvalue weighted by Gasteiger charge is -2.21. The molecular formula is C13H9F3N4O4. The number of halogens is 3. The van der Waals surface area contributed by atoms with Crippen LogP contribution in [0, 0.1) is 0 Å². The van der Waals surface area contributed by atoms with E-state index in [4.69, 9.17) is 0 Å². The number of amides is 2. The molecule has 11 heteroatoms. The second kappa shape index (κ2) is 5.58. The number of nitrogens with zero attached hydrogens (tertiary/aromatic N) is 3. The highest BCUT2D eigenvalue weighted by atomic mass is 19.4. The summed E-state index contributed by atoms with van der Waals surface area (Å²) in [6.07, 6.45) is -4.85. The van der Waals surface area contributed by atoms with Gasteiger partial charge in [-0.05, 0) is 24.6 Å². The number of ether oxygens (including phenoxy) is 1. The van der Waals surface area contributed by atoms with Crippen LogP contribution in [-0.4, -0.2) is 33.2 Å². The normalized spacial score (nSPS) is 18.5. The van der Waals surface area contributed by atoms with Crippen molar-refractivity contribution >= 4 is 22.7 Å². The van der Waals surface area contributed by atoms with E-state index < -0.39 is 35.5 Å². The summed E-state index contributed by atoms with van der Waals surface area (Å²) in [5.74, 6) is -1.78. The van der Waals surface area contributed by atoms with Gasteiger partial charge in [0.2, 0.25) is 5.91 Å². The van der Waals surface area contributed by atoms with Crippen molar-refractivity contribution in [2.24, 2.45) is 0 Å². The van der Waals surface area contributed by atoms with Gasteiger partial charge in [0.15, 0.2) is 0 Å². The summed E-state index contributed by atoms with van der Waals surface area (Å²) in [6, 6.07) is 1.97. The zero-order chi connectivity index (χ0) is 17.5. The minimum Gasteiger partial charge on any atom is -0.406 e. The molecule has 0 spiro atoms. The number of piperidine rings is 1. The zero-order valence-corrected chi connectivity index (χ0v) is 11.8. The quantitative estimate of drug-likeness (QED) is 0.805. The van der Waals surface area contributed by atoms with E-state index in [9.17, 15) is 27.6 Å². The highest BCUT2D eigenvalue weighted by Crippen LogP contribution is 2.25. The molecule has 0 aliphatic carbocycles. The monoisotopic (exact) mass is 342 g/mol. The third kappa shape index (κ3) is 3.05. The van der Waals surface area contributed by atoms with Crippen LogP contribution in [0.5, 0.6) is 5.75 Å². The van der Waals surface area contributed by atoms with Gasteiger partial charge in [-0.25, -0.2) is 0 Å². The molecule has 2 amide bonds. The van der Waals surface area contributed by atoms with Crippen LogP contribution in [-0.2, 0) is 9.59 Å². The Labute approximate surface area is 131 Å². The van der Waals surface area contributed by atoms with Gasteiger partial charge in [-0.1, -0.05) is 5.21 Å². The Morgan fingerprint density at radius 1 is 1.25 bits per heavy atom. The number of rotatable bonds is 2. The van der Waals surface area contributed by atoms with Crippen LogP contribution in [0.2, 0.25) is 0 Å². The smallest absolute Gasteiger partial charge is 0.406 e. The Morgan fingerprint density at radius 2 is 2.00 bits per heavy atom. The standard InChI is InChI=1S/C13H9F3N4O4/c14-13(15,16)24-6-1-2-8-7(5-6)12(23)20(19-18-8)9-3-4-10(21)17-11(9)22/h1-2,5,9H,3-4H2,(H,17,21,22). The summed E-state index contributed by atoms with van der Waals surface area (Å²) < 4.78 is 41.4. The summed E-state index contributed by atoms with van der Waals surface area (Å²) >= 11 is 0. The highest BCUT2D eigenvalue weighted by molar-refractivity contribution is 5.99. The molecule has 1 atom stereocenters. The van der Waals surface area contributed by atoms with Crippen molar-refractivity contribution in [3.8, 4) is 5.75 Å². The Kier molecular flexibility index (Phi) is 3.70. The summed E-state index contributed by atoms with van der Waals surface area (Å²) in [7, 11) is 0. The van der Waals surface area contributed by atoms with Crippen LogP contribution < -0.4 is 15.6 Å². The van der Waals surface area contributed by atoms with Gasteiger partial charge in [-0.15, -0.1) is 18.3 Å². The van der Waals surface area contributed by atoms with Gasteiger partial charge in [-0.3, -0.25) is 19.7 Å². The van der Waals surface area contributed by atoms with Gasteiger partial charge >= 0.3 is 6.36 Å². The first-order valence-corrected chi connectivity index (χ1v) is 6.73. The van der Waals surface area contributed by atoms with E-state index in [0.29, 0.717) is 0 Å². The molecule has 1 unspecified atom stereocenters. The van der Waals surface area contributed by atoms with Crippen LogP contribution in [0.3, 0.4) is 0 Å².